The van der Waals surface area contributed by atoms with Crippen LogP contribution in [0.15, 0.2) is 48.5 Å². The van der Waals surface area contributed by atoms with Crippen LogP contribution in [0.5, 0.6) is 5.75 Å². The fraction of sp³-hybridized carbons (Fsp3) is 0.480. The highest BCUT2D eigenvalue weighted by Crippen LogP contribution is 2.34. The number of ether oxygens (including phenoxy) is 1. The zero-order valence-corrected chi connectivity index (χ0v) is 16.7. The van der Waals surface area contributed by atoms with Crippen LogP contribution in [0, 0.1) is 11.8 Å². The van der Waals surface area contributed by atoms with Gasteiger partial charge in [0.1, 0.15) is 5.75 Å². The Labute approximate surface area is 164 Å². The molecule has 0 aromatic heterocycles. The summed E-state index contributed by atoms with van der Waals surface area (Å²) in [6.45, 7) is 3.73. The largest absolute Gasteiger partial charge is 0.427 e. The van der Waals surface area contributed by atoms with Crippen LogP contribution in [-0.4, -0.2) is 5.97 Å². The fourth-order valence-electron chi connectivity index (χ4n) is 4.33. The van der Waals surface area contributed by atoms with Crippen molar-refractivity contribution in [3.63, 3.8) is 0 Å². The Morgan fingerprint density at radius 3 is 1.89 bits per heavy atom. The van der Waals surface area contributed by atoms with Crippen molar-refractivity contribution < 1.29 is 9.53 Å². The van der Waals surface area contributed by atoms with Crippen LogP contribution in [0.3, 0.4) is 0 Å². The number of aryl methyl sites for hydroxylation is 1. The molecular formula is C25H32O2. The van der Waals surface area contributed by atoms with Crippen molar-refractivity contribution in [3.05, 3.63) is 54.1 Å². The number of hydrogen-bond acceptors (Lipinski definition) is 2. The minimum atomic E-state index is -0.286. The van der Waals surface area contributed by atoms with E-state index in [0.717, 1.165) is 17.4 Å². The second-order valence-corrected chi connectivity index (χ2v) is 8.03. The number of benzene rings is 2. The molecule has 1 saturated carbocycles. The summed E-state index contributed by atoms with van der Waals surface area (Å²) in [4.78, 5) is 11.0. The molecule has 2 nitrogen and oxygen atoms in total. The van der Waals surface area contributed by atoms with E-state index >= 15 is 0 Å². The van der Waals surface area contributed by atoms with Crippen molar-refractivity contribution >= 4 is 5.97 Å². The average molecular weight is 365 g/mol. The van der Waals surface area contributed by atoms with E-state index in [9.17, 15) is 4.79 Å². The zero-order valence-electron chi connectivity index (χ0n) is 16.7. The Bertz CT molecular complexity index is 707. The standard InChI is InChI=1S/C25H32O2/c1-3-4-20-5-7-21(8-6-20)9-10-22-11-13-23(14-12-22)24-15-17-25(18-16-24)27-19(2)26/h11-18,20-21H,3-10H2,1-2H3. The minimum Gasteiger partial charge on any atom is -0.427 e. The van der Waals surface area contributed by atoms with E-state index in [0.29, 0.717) is 5.75 Å². The van der Waals surface area contributed by atoms with Crippen LogP contribution >= 0.6 is 0 Å². The third-order valence-corrected chi connectivity index (χ3v) is 5.91. The van der Waals surface area contributed by atoms with Crippen molar-refractivity contribution in [1.82, 2.24) is 0 Å². The Kier molecular flexibility index (Phi) is 7.09. The second kappa shape index (κ2) is 9.73. The van der Waals surface area contributed by atoms with E-state index in [2.05, 4.69) is 31.2 Å². The van der Waals surface area contributed by atoms with Gasteiger partial charge in [-0.15, -0.1) is 0 Å². The van der Waals surface area contributed by atoms with Gasteiger partial charge >= 0.3 is 5.97 Å². The maximum absolute atomic E-state index is 11.0. The Morgan fingerprint density at radius 1 is 0.852 bits per heavy atom. The van der Waals surface area contributed by atoms with Crippen LogP contribution < -0.4 is 4.74 Å². The maximum Gasteiger partial charge on any atom is 0.308 e. The lowest BCUT2D eigenvalue weighted by Gasteiger charge is -2.28. The predicted octanol–water partition coefficient (Wildman–Crippen LogP) is 6.82. The van der Waals surface area contributed by atoms with Crippen molar-refractivity contribution in [1.29, 1.82) is 0 Å². The van der Waals surface area contributed by atoms with Crippen LogP contribution in [0.1, 0.15) is 64.4 Å². The Morgan fingerprint density at radius 2 is 1.37 bits per heavy atom. The van der Waals surface area contributed by atoms with Gasteiger partial charge in [-0.2, -0.15) is 0 Å². The molecule has 2 aromatic carbocycles. The molecule has 1 aliphatic rings. The van der Waals surface area contributed by atoms with Crippen molar-refractivity contribution in [2.24, 2.45) is 11.8 Å². The number of esters is 1. The van der Waals surface area contributed by atoms with Crippen LogP contribution in [0.2, 0.25) is 0 Å². The summed E-state index contributed by atoms with van der Waals surface area (Å²) < 4.78 is 5.09. The van der Waals surface area contributed by atoms with Crippen LogP contribution in [0.4, 0.5) is 0 Å². The second-order valence-electron chi connectivity index (χ2n) is 8.03. The van der Waals surface area contributed by atoms with Gasteiger partial charge in [0.05, 0.1) is 0 Å². The van der Waals surface area contributed by atoms with Gasteiger partial charge < -0.3 is 4.74 Å². The summed E-state index contributed by atoms with van der Waals surface area (Å²) in [5, 5.41) is 0. The van der Waals surface area contributed by atoms with E-state index in [1.165, 1.54) is 69.4 Å². The minimum absolute atomic E-state index is 0.286. The summed E-state index contributed by atoms with van der Waals surface area (Å²) in [5.41, 5.74) is 3.78. The molecule has 1 aliphatic carbocycles. The first-order valence-corrected chi connectivity index (χ1v) is 10.5. The van der Waals surface area contributed by atoms with Crippen LogP contribution in [-0.2, 0) is 11.2 Å². The molecule has 144 valence electrons. The number of hydrogen-bond donors (Lipinski definition) is 0. The Hall–Kier alpha value is -2.09. The van der Waals surface area contributed by atoms with E-state index in [4.69, 9.17) is 4.74 Å². The summed E-state index contributed by atoms with van der Waals surface area (Å²) in [7, 11) is 0. The van der Waals surface area contributed by atoms with Crippen molar-refractivity contribution in [2.75, 3.05) is 0 Å². The summed E-state index contributed by atoms with van der Waals surface area (Å²) >= 11 is 0. The smallest absolute Gasteiger partial charge is 0.308 e. The molecule has 0 bridgehead atoms. The van der Waals surface area contributed by atoms with E-state index in [-0.39, 0.29) is 5.97 Å². The quantitative estimate of drug-likeness (QED) is 0.398. The molecule has 0 amide bonds. The lowest BCUT2D eigenvalue weighted by Crippen LogP contribution is -2.15. The third-order valence-electron chi connectivity index (χ3n) is 5.91. The number of carbonyl (C=O) groups excluding carboxylic acids is 1. The lowest BCUT2D eigenvalue weighted by molar-refractivity contribution is -0.131. The molecule has 2 aromatic rings. The summed E-state index contributed by atoms with van der Waals surface area (Å²) in [6, 6.07) is 16.6. The highest BCUT2D eigenvalue weighted by molar-refractivity contribution is 5.70. The summed E-state index contributed by atoms with van der Waals surface area (Å²) in [6.07, 6.45) is 11.0. The molecule has 0 N–H and O–H groups in total. The van der Waals surface area contributed by atoms with Crippen molar-refractivity contribution in [2.45, 2.75) is 65.2 Å². The molecule has 2 heteroatoms. The number of rotatable bonds is 7. The molecule has 0 heterocycles. The molecule has 1 fully saturated rings. The lowest BCUT2D eigenvalue weighted by atomic mass is 9.78. The molecule has 27 heavy (non-hydrogen) atoms. The summed E-state index contributed by atoms with van der Waals surface area (Å²) in [5.74, 6) is 2.23. The van der Waals surface area contributed by atoms with Gasteiger partial charge in [-0.1, -0.05) is 81.8 Å². The van der Waals surface area contributed by atoms with Crippen molar-refractivity contribution in [3.8, 4) is 16.9 Å². The van der Waals surface area contributed by atoms with Gasteiger partial charge in [-0.25, -0.2) is 0 Å². The predicted molar refractivity (Wildman–Crippen MR) is 112 cm³/mol. The molecule has 0 atom stereocenters. The van der Waals surface area contributed by atoms with E-state index in [1.807, 2.05) is 24.3 Å². The van der Waals surface area contributed by atoms with Gasteiger partial charge in [0, 0.05) is 6.92 Å². The van der Waals surface area contributed by atoms with E-state index in [1.54, 1.807) is 0 Å². The highest BCUT2D eigenvalue weighted by Gasteiger charge is 2.20. The zero-order chi connectivity index (χ0) is 19.1. The molecule has 0 spiro atoms. The fourth-order valence-corrected chi connectivity index (χ4v) is 4.33. The molecule has 0 saturated heterocycles. The molecule has 0 unspecified atom stereocenters. The van der Waals surface area contributed by atoms with Gasteiger partial charge in [-0.05, 0) is 53.5 Å². The highest BCUT2D eigenvalue weighted by atomic mass is 16.5. The maximum atomic E-state index is 11.0. The third kappa shape index (κ3) is 5.95. The SMILES string of the molecule is CCCC1CCC(CCc2ccc(-c3ccc(OC(C)=O)cc3)cc2)CC1. The first kappa shape index (κ1) is 19.7. The molecule has 0 radical (unpaired) electrons. The Balaban J connectivity index is 1.49. The van der Waals surface area contributed by atoms with Gasteiger partial charge in [0.15, 0.2) is 0 Å². The van der Waals surface area contributed by atoms with E-state index < -0.39 is 0 Å². The van der Waals surface area contributed by atoms with Crippen LogP contribution in [0.25, 0.3) is 11.1 Å². The van der Waals surface area contributed by atoms with Gasteiger partial charge in [-0.3, -0.25) is 4.79 Å². The normalized spacial score (nSPS) is 19.6. The van der Waals surface area contributed by atoms with Gasteiger partial charge in [0.25, 0.3) is 0 Å². The molecule has 0 aliphatic heterocycles. The average Bonchev–Trinajstić information content (AvgIpc) is 2.68. The monoisotopic (exact) mass is 364 g/mol. The molecular weight excluding hydrogens is 332 g/mol. The number of carbonyl (C=O) groups is 1. The first-order chi connectivity index (χ1) is 13.1. The molecule has 3 rings (SSSR count). The topological polar surface area (TPSA) is 26.3 Å². The van der Waals surface area contributed by atoms with Gasteiger partial charge in [0.2, 0.25) is 0 Å². The first-order valence-electron chi connectivity index (χ1n) is 10.5.